The van der Waals surface area contributed by atoms with Gasteiger partial charge in [0.1, 0.15) is 5.75 Å². The zero-order valence-electron chi connectivity index (χ0n) is 9.48. The minimum Gasteiger partial charge on any atom is -0.494 e. The Bertz CT molecular complexity index is 403. The van der Waals surface area contributed by atoms with Gasteiger partial charge in [-0.15, -0.1) is 0 Å². The number of unbranched alkanes of at least 4 members (excludes halogenated alkanes) is 1. The van der Waals surface area contributed by atoms with Crippen molar-refractivity contribution in [1.29, 1.82) is 0 Å². The van der Waals surface area contributed by atoms with Crippen molar-refractivity contribution in [2.24, 2.45) is 0 Å². The van der Waals surface area contributed by atoms with E-state index in [1.165, 1.54) is 17.5 Å². The Balaban J connectivity index is 2.00. The fraction of sp³-hybridized carbons (Fsp3) is 0.286. The van der Waals surface area contributed by atoms with Gasteiger partial charge in [0.25, 0.3) is 0 Å². The van der Waals surface area contributed by atoms with Gasteiger partial charge in [-0.3, -0.25) is 0 Å². The molecule has 2 heteroatoms. The van der Waals surface area contributed by atoms with E-state index >= 15 is 0 Å². The highest BCUT2D eigenvalue weighted by Crippen LogP contribution is 2.24. The van der Waals surface area contributed by atoms with Crippen molar-refractivity contribution < 1.29 is 4.74 Å². The van der Waals surface area contributed by atoms with E-state index in [0.717, 1.165) is 18.8 Å². The van der Waals surface area contributed by atoms with E-state index < -0.39 is 0 Å². The van der Waals surface area contributed by atoms with Gasteiger partial charge in [0.15, 0.2) is 0 Å². The summed E-state index contributed by atoms with van der Waals surface area (Å²) in [6, 6.07) is 10.5. The van der Waals surface area contributed by atoms with Crippen molar-refractivity contribution in [3.63, 3.8) is 0 Å². The van der Waals surface area contributed by atoms with Crippen molar-refractivity contribution in [2.75, 3.05) is 6.61 Å². The zero-order valence-corrected chi connectivity index (χ0v) is 10.3. The molecule has 0 saturated carbocycles. The molecule has 0 saturated heterocycles. The van der Waals surface area contributed by atoms with Gasteiger partial charge in [-0.2, -0.15) is 11.3 Å². The highest BCUT2D eigenvalue weighted by atomic mass is 32.1. The lowest BCUT2D eigenvalue weighted by Gasteiger charge is -2.05. The van der Waals surface area contributed by atoms with Crippen molar-refractivity contribution in [3.8, 4) is 16.9 Å². The molecule has 0 fully saturated rings. The molecule has 1 aromatic heterocycles. The summed E-state index contributed by atoms with van der Waals surface area (Å²) in [6.07, 6.45) is 2.29. The molecule has 0 bridgehead atoms. The maximum Gasteiger partial charge on any atom is 0.119 e. The van der Waals surface area contributed by atoms with E-state index in [0.29, 0.717) is 0 Å². The molecule has 0 aliphatic heterocycles. The Morgan fingerprint density at radius 1 is 1.06 bits per heavy atom. The molecule has 0 radical (unpaired) electrons. The summed E-state index contributed by atoms with van der Waals surface area (Å²) in [5.41, 5.74) is 2.54. The fourth-order valence-corrected chi connectivity index (χ4v) is 2.17. The molecule has 2 rings (SSSR count). The number of benzene rings is 1. The lowest BCUT2D eigenvalue weighted by Crippen LogP contribution is -1.95. The lowest BCUT2D eigenvalue weighted by atomic mass is 10.1. The van der Waals surface area contributed by atoms with Crippen LogP contribution in [0.1, 0.15) is 19.8 Å². The Morgan fingerprint density at radius 3 is 2.50 bits per heavy atom. The number of rotatable bonds is 5. The Labute approximate surface area is 101 Å². The predicted molar refractivity (Wildman–Crippen MR) is 70.2 cm³/mol. The number of hydrogen-bond acceptors (Lipinski definition) is 2. The quantitative estimate of drug-likeness (QED) is 0.685. The highest BCUT2D eigenvalue weighted by molar-refractivity contribution is 7.08. The molecular formula is C14H16OS. The van der Waals surface area contributed by atoms with Crippen LogP contribution >= 0.6 is 11.3 Å². The lowest BCUT2D eigenvalue weighted by molar-refractivity contribution is 0.309. The third-order valence-corrected chi connectivity index (χ3v) is 3.16. The first-order valence-electron chi connectivity index (χ1n) is 5.65. The predicted octanol–water partition coefficient (Wildman–Crippen LogP) is 4.59. The Morgan fingerprint density at radius 2 is 1.88 bits per heavy atom. The van der Waals surface area contributed by atoms with Crippen molar-refractivity contribution >= 4 is 11.3 Å². The van der Waals surface area contributed by atoms with Gasteiger partial charge < -0.3 is 4.74 Å². The maximum absolute atomic E-state index is 5.62. The summed E-state index contributed by atoms with van der Waals surface area (Å²) in [4.78, 5) is 0. The molecule has 84 valence electrons. The van der Waals surface area contributed by atoms with Crippen molar-refractivity contribution in [3.05, 3.63) is 41.1 Å². The summed E-state index contributed by atoms with van der Waals surface area (Å²) in [5, 5.41) is 4.26. The van der Waals surface area contributed by atoms with Crippen LogP contribution in [0.5, 0.6) is 5.75 Å². The van der Waals surface area contributed by atoms with Crippen LogP contribution in [0.2, 0.25) is 0 Å². The van der Waals surface area contributed by atoms with Crippen LogP contribution in [0.4, 0.5) is 0 Å². The normalized spacial score (nSPS) is 10.3. The van der Waals surface area contributed by atoms with Gasteiger partial charge in [-0.25, -0.2) is 0 Å². The molecule has 1 heterocycles. The monoisotopic (exact) mass is 232 g/mol. The largest absolute Gasteiger partial charge is 0.494 e. The van der Waals surface area contributed by atoms with E-state index in [-0.39, 0.29) is 0 Å². The molecule has 0 atom stereocenters. The molecule has 0 unspecified atom stereocenters. The topological polar surface area (TPSA) is 9.23 Å². The van der Waals surface area contributed by atoms with Crippen LogP contribution in [-0.2, 0) is 0 Å². The van der Waals surface area contributed by atoms with Crippen LogP contribution in [-0.4, -0.2) is 6.61 Å². The van der Waals surface area contributed by atoms with Gasteiger partial charge in [-0.1, -0.05) is 25.5 Å². The molecule has 0 aliphatic rings. The van der Waals surface area contributed by atoms with E-state index in [9.17, 15) is 0 Å². The molecule has 1 nitrogen and oxygen atoms in total. The average Bonchev–Trinajstić information content (AvgIpc) is 2.84. The maximum atomic E-state index is 5.62. The molecule has 1 aromatic carbocycles. The Hall–Kier alpha value is -1.28. The smallest absolute Gasteiger partial charge is 0.119 e. The zero-order chi connectivity index (χ0) is 11.2. The SMILES string of the molecule is CCCCOc1ccc(-c2ccsc2)cc1. The highest BCUT2D eigenvalue weighted by Gasteiger charge is 1.98. The number of hydrogen-bond donors (Lipinski definition) is 0. The second kappa shape index (κ2) is 5.71. The first kappa shape index (κ1) is 11.2. The summed E-state index contributed by atoms with van der Waals surface area (Å²) in [7, 11) is 0. The van der Waals surface area contributed by atoms with Crippen LogP contribution in [0.15, 0.2) is 41.1 Å². The standard InChI is InChI=1S/C14H16OS/c1-2-3-9-15-14-6-4-12(5-7-14)13-8-10-16-11-13/h4-8,10-11H,2-3,9H2,1H3. The minimum atomic E-state index is 0.814. The summed E-state index contributed by atoms with van der Waals surface area (Å²) >= 11 is 1.72. The van der Waals surface area contributed by atoms with E-state index in [2.05, 4.69) is 35.9 Å². The van der Waals surface area contributed by atoms with Crippen LogP contribution in [0, 0.1) is 0 Å². The minimum absolute atomic E-state index is 0.814. The van der Waals surface area contributed by atoms with Gasteiger partial charge >= 0.3 is 0 Å². The van der Waals surface area contributed by atoms with Gasteiger partial charge in [0.05, 0.1) is 6.61 Å². The van der Waals surface area contributed by atoms with Gasteiger partial charge in [-0.05, 0) is 46.5 Å². The van der Waals surface area contributed by atoms with E-state index in [4.69, 9.17) is 4.74 Å². The van der Waals surface area contributed by atoms with Crippen LogP contribution in [0.3, 0.4) is 0 Å². The second-order valence-corrected chi connectivity index (χ2v) is 4.52. The fourth-order valence-electron chi connectivity index (χ4n) is 1.51. The molecule has 0 amide bonds. The van der Waals surface area contributed by atoms with E-state index in [1.807, 2.05) is 12.1 Å². The number of thiophene rings is 1. The summed E-state index contributed by atoms with van der Waals surface area (Å²) in [5.74, 6) is 0.965. The summed E-state index contributed by atoms with van der Waals surface area (Å²) < 4.78 is 5.62. The molecule has 0 N–H and O–H groups in total. The van der Waals surface area contributed by atoms with Crippen molar-refractivity contribution in [1.82, 2.24) is 0 Å². The first-order chi connectivity index (χ1) is 7.90. The van der Waals surface area contributed by atoms with Crippen LogP contribution in [0.25, 0.3) is 11.1 Å². The van der Waals surface area contributed by atoms with Gasteiger partial charge in [0.2, 0.25) is 0 Å². The van der Waals surface area contributed by atoms with Gasteiger partial charge in [0, 0.05) is 0 Å². The second-order valence-electron chi connectivity index (χ2n) is 3.74. The van der Waals surface area contributed by atoms with E-state index in [1.54, 1.807) is 11.3 Å². The van der Waals surface area contributed by atoms with Crippen molar-refractivity contribution in [2.45, 2.75) is 19.8 Å². The Kier molecular flexibility index (Phi) is 4.00. The van der Waals surface area contributed by atoms with Crippen LogP contribution < -0.4 is 4.74 Å². The molecule has 0 spiro atoms. The molecular weight excluding hydrogens is 216 g/mol. The average molecular weight is 232 g/mol. The molecule has 0 aliphatic carbocycles. The summed E-state index contributed by atoms with van der Waals surface area (Å²) in [6.45, 7) is 2.98. The third-order valence-electron chi connectivity index (χ3n) is 2.48. The molecule has 2 aromatic rings. The number of ether oxygens (including phenoxy) is 1. The molecule has 16 heavy (non-hydrogen) atoms. The third kappa shape index (κ3) is 2.86. The first-order valence-corrected chi connectivity index (χ1v) is 6.60.